The first kappa shape index (κ1) is 15.3. The van der Waals surface area contributed by atoms with E-state index >= 15 is 0 Å². The Balaban J connectivity index is 3.35. The fourth-order valence-corrected chi connectivity index (χ4v) is 1.74. The minimum absolute atomic E-state index is 0.00190. The third-order valence-electron chi connectivity index (χ3n) is 1.93. The summed E-state index contributed by atoms with van der Waals surface area (Å²) in [7, 11) is 0. The van der Waals surface area contributed by atoms with Crippen LogP contribution in [0.4, 0.5) is 13.2 Å². The van der Waals surface area contributed by atoms with Crippen molar-refractivity contribution in [2.24, 2.45) is 0 Å². The second-order valence-electron chi connectivity index (χ2n) is 3.18. The molecule has 0 unspecified atom stereocenters. The van der Waals surface area contributed by atoms with Crippen LogP contribution in [0, 0.1) is 11.3 Å². The van der Waals surface area contributed by atoms with Crippen LogP contribution in [-0.4, -0.2) is 18.9 Å². The molecule has 0 heterocycles. The maximum atomic E-state index is 12.3. The lowest BCUT2D eigenvalue weighted by Crippen LogP contribution is -2.20. The summed E-state index contributed by atoms with van der Waals surface area (Å²) in [5.74, 6) is -1.75. The highest BCUT2D eigenvalue weighted by molar-refractivity contribution is 9.10. The number of esters is 1. The quantitative estimate of drug-likeness (QED) is 0.793. The lowest BCUT2D eigenvalue weighted by atomic mass is 10.1. The highest BCUT2D eigenvalue weighted by Gasteiger charge is 2.35. The molecule has 19 heavy (non-hydrogen) atoms. The van der Waals surface area contributed by atoms with E-state index in [4.69, 9.17) is 5.26 Å². The molecular formula is C11H7BrF3NO3. The Morgan fingerprint density at radius 3 is 2.58 bits per heavy atom. The van der Waals surface area contributed by atoms with Gasteiger partial charge in [-0.1, -0.05) is 0 Å². The van der Waals surface area contributed by atoms with E-state index in [0.29, 0.717) is 0 Å². The van der Waals surface area contributed by atoms with Gasteiger partial charge in [0.1, 0.15) is 11.6 Å². The molecule has 0 fully saturated rings. The molecule has 0 bridgehead atoms. The summed E-state index contributed by atoms with van der Waals surface area (Å²) in [6.07, 6.45) is -4.99. The van der Waals surface area contributed by atoms with Crippen LogP contribution in [0.5, 0.6) is 5.75 Å². The van der Waals surface area contributed by atoms with Crippen molar-refractivity contribution in [1.29, 1.82) is 5.26 Å². The third kappa shape index (κ3) is 3.86. The van der Waals surface area contributed by atoms with Gasteiger partial charge in [-0.25, -0.2) is 4.79 Å². The van der Waals surface area contributed by atoms with Crippen LogP contribution in [0.1, 0.15) is 22.8 Å². The van der Waals surface area contributed by atoms with Gasteiger partial charge in [0.2, 0.25) is 0 Å². The molecule has 4 nitrogen and oxygen atoms in total. The summed E-state index contributed by atoms with van der Waals surface area (Å²) >= 11 is 2.81. The maximum Gasteiger partial charge on any atom is 0.573 e. The van der Waals surface area contributed by atoms with E-state index in [1.165, 1.54) is 13.0 Å². The van der Waals surface area contributed by atoms with Crippen LogP contribution in [-0.2, 0) is 4.74 Å². The van der Waals surface area contributed by atoms with Crippen LogP contribution in [0.3, 0.4) is 0 Å². The number of carbonyl (C=O) groups is 1. The van der Waals surface area contributed by atoms with Crippen LogP contribution in [0.25, 0.3) is 0 Å². The Kier molecular flexibility index (Phi) is 4.78. The molecule has 0 spiro atoms. The van der Waals surface area contributed by atoms with Gasteiger partial charge < -0.3 is 9.47 Å². The van der Waals surface area contributed by atoms with Crippen LogP contribution in [0.15, 0.2) is 16.6 Å². The molecule has 1 aromatic rings. The molecule has 8 heteroatoms. The molecular weight excluding hydrogens is 331 g/mol. The van der Waals surface area contributed by atoms with Crippen LogP contribution < -0.4 is 4.74 Å². The van der Waals surface area contributed by atoms with E-state index in [1.807, 2.05) is 0 Å². The van der Waals surface area contributed by atoms with E-state index in [0.717, 1.165) is 6.07 Å². The first-order chi connectivity index (χ1) is 8.80. The molecule has 0 saturated carbocycles. The number of nitrogens with zero attached hydrogens (tertiary/aromatic N) is 1. The minimum atomic E-state index is -4.99. The smallest absolute Gasteiger partial charge is 0.462 e. The predicted octanol–water partition coefficient (Wildman–Crippen LogP) is 3.40. The van der Waals surface area contributed by atoms with Gasteiger partial charge in [-0.15, -0.1) is 13.2 Å². The first-order valence-electron chi connectivity index (χ1n) is 4.95. The largest absolute Gasteiger partial charge is 0.573 e. The van der Waals surface area contributed by atoms with Crippen molar-refractivity contribution in [3.8, 4) is 11.8 Å². The maximum absolute atomic E-state index is 12.3. The van der Waals surface area contributed by atoms with E-state index in [1.54, 1.807) is 6.07 Å². The van der Waals surface area contributed by atoms with Gasteiger partial charge in [0.25, 0.3) is 0 Å². The lowest BCUT2D eigenvalue weighted by Gasteiger charge is -2.14. The molecule has 0 aromatic heterocycles. The van der Waals surface area contributed by atoms with Crippen molar-refractivity contribution >= 4 is 21.9 Å². The van der Waals surface area contributed by atoms with Crippen molar-refractivity contribution in [3.05, 3.63) is 27.7 Å². The third-order valence-corrected chi connectivity index (χ3v) is 2.72. The molecule has 0 aliphatic carbocycles. The fraction of sp³-hybridized carbons (Fsp3) is 0.273. The number of hydrogen-bond acceptors (Lipinski definition) is 4. The van der Waals surface area contributed by atoms with Crippen molar-refractivity contribution in [2.75, 3.05) is 6.61 Å². The topological polar surface area (TPSA) is 59.3 Å². The van der Waals surface area contributed by atoms with Gasteiger partial charge >= 0.3 is 12.3 Å². The van der Waals surface area contributed by atoms with Gasteiger partial charge in [-0.05, 0) is 35.0 Å². The molecule has 0 N–H and O–H groups in total. The van der Waals surface area contributed by atoms with Crippen molar-refractivity contribution in [3.63, 3.8) is 0 Å². The van der Waals surface area contributed by atoms with Gasteiger partial charge in [0.15, 0.2) is 5.75 Å². The second kappa shape index (κ2) is 5.93. The Morgan fingerprint density at radius 2 is 2.11 bits per heavy atom. The summed E-state index contributed by atoms with van der Waals surface area (Å²) < 4.78 is 45.1. The molecule has 0 aliphatic rings. The zero-order valence-electron chi connectivity index (χ0n) is 9.55. The van der Waals surface area contributed by atoms with Crippen molar-refractivity contribution in [1.82, 2.24) is 0 Å². The number of ether oxygens (including phenoxy) is 2. The molecule has 0 saturated heterocycles. The SMILES string of the molecule is CCOC(=O)c1ccc(C#N)c(Br)c1OC(F)(F)F. The number of halogens is 4. The first-order valence-corrected chi connectivity index (χ1v) is 5.75. The summed E-state index contributed by atoms with van der Waals surface area (Å²) in [5.41, 5.74) is -0.502. The second-order valence-corrected chi connectivity index (χ2v) is 3.98. The molecule has 1 rings (SSSR count). The number of alkyl halides is 3. The van der Waals surface area contributed by atoms with E-state index < -0.39 is 23.6 Å². The molecule has 0 atom stereocenters. The molecule has 1 aromatic carbocycles. The van der Waals surface area contributed by atoms with Crippen LogP contribution in [0.2, 0.25) is 0 Å². The van der Waals surface area contributed by atoms with E-state index in [9.17, 15) is 18.0 Å². The van der Waals surface area contributed by atoms with Crippen LogP contribution >= 0.6 is 15.9 Å². The average molecular weight is 338 g/mol. The average Bonchev–Trinajstić information content (AvgIpc) is 2.30. The summed E-state index contributed by atoms with van der Waals surface area (Å²) in [6, 6.07) is 3.91. The number of carbonyl (C=O) groups excluding carboxylic acids is 1. The highest BCUT2D eigenvalue weighted by Crippen LogP contribution is 2.36. The summed E-state index contributed by atoms with van der Waals surface area (Å²) in [5, 5.41) is 8.74. The standard InChI is InChI=1S/C11H7BrF3NO3/c1-2-18-10(17)7-4-3-6(5-16)8(12)9(7)19-11(13,14)15/h3-4H,2H2,1H3. The van der Waals surface area contributed by atoms with Crippen molar-refractivity contribution < 1.29 is 27.4 Å². The molecule has 0 radical (unpaired) electrons. The van der Waals surface area contributed by atoms with E-state index in [-0.39, 0.29) is 16.6 Å². The molecule has 0 aliphatic heterocycles. The number of benzene rings is 1. The lowest BCUT2D eigenvalue weighted by molar-refractivity contribution is -0.275. The molecule has 102 valence electrons. The molecule has 0 amide bonds. The number of hydrogen-bond donors (Lipinski definition) is 0. The number of nitriles is 1. The fourth-order valence-electron chi connectivity index (χ4n) is 1.23. The Labute approximate surface area is 114 Å². The summed E-state index contributed by atoms with van der Waals surface area (Å²) in [4.78, 5) is 11.5. The predicted molar refractivity (Wildman–Crippen MR) is 61.5 cm³/mol. The van der Waals surface area contributed by atoms with Crippen molar-refractivity contribution in [2.45, 2.75) is 13.3 Å². The monoisotopic (exact) mass is 337 g/mol. The van der Waals surface area contributed by atoms with Gasteiger partial charge in [0, 0.05) is 0 Å². The minimum Gasteiger partial charge on any atom is -0.462 e. The Morgan fingerprint density at radius 1 is 1.47 bits per heavy atom. The van der Waals surface area contributed by atoms with Gasteiger partial charge in [-0.2, -0.15) is 5.26 Å². The zero-order chi connectivity index (χ0) is 14.6. The highest BCUT2D eigenvalue weighted by atomic mass is 79.9. The summed E-state index contributed by atoms with van der Waals surface area (Å²) in [6.45, 7) is 1.52. The van der Waals surface area contributed by atoms with E-state index in [2.05, 4.69) is 25.4 Å². The number of rotatable bonds is 3. The Hall–Kier alpha value is -1.75. The van der Waals surface area contributed by atoms with Gasteiger partial charge in [0.05, 0.1) is 16.6 Å². The Bertz CT molecular complexity index is 537. The normalized spacial score (nSPS) is 10.7. The van der Waals surface area contributed by atoms with Gasteiger partial charge in [-0.3, -0.25) is 0 Å². The zero-order valence-corrected chi connectivity index (χ0v) is 11.1.